The van der Waals surface area contributed by atoms with Gasteiger partial charge in [-0.15, -0.1) is 0 Å². The Balaban J connectivity index is 1.79. The Hall–Kier alpha value is -0.770. The van der Waals surface area contributed by atoms with Crippen LogP contribution in [0.5, 0.6) is 5.75 Å². The molecule has 0 spiro atoms. The molecule has 0 aromatic heterocycles. The van der Waals surface area contributed by atoms with Gasteiger partial charge in [0.15, 0.2) is 0 Å². The Morgan fingerprint density at radius 2 is 1.87 bits per heavy atom. The SMILES string of the molecule is Clc1ccc(OCN2CCOCC2)cc1. The third-order valence-corrected chi connectivity index (χ3v) is 2.58. The Kier molecular flexibility index (Phi) is 3.83. The molecule has 1 aliphatic rings. The van der Waals surface area contributed by atoms with Crippen LogP contribution in [0.2, 0.25) is 5.02 Å². The number of morpholine rings is 1. The molecule has 0 bridgehead atoms. The Labute approximate surface area is 94.5 Å². The number of hydrogen-bond donors (Lipinski definition) is 0. The first kappa shape index (κ1) is 10.7. The van der Waals surface area contributed by atoms with Crippen LogP contribution in [0.25, 0.3) is 0 Å². The maximum atomic E-state index is 5.78. The van der Waals surface area contributed by atoms with Gasteiger partial charge in [0.05, 0.1) is 13.2 Å². The molecule has 1 saturated heterocycles. The van der Waals surface area contributed by atoms with E-state index in [1.165, 1.54) is 0 Å². The summed E-state index contributed by atoms with van der Waals surface area (Å²) in [5.41, 5.74) is 0. The molecule has 0 radical (unpaired) electrons. The molecule has 1 aromatic rings. The molecule has 2 rings (SSSR count). The highest BCUT2D eigenvalue weighted by Gasteiger charge is 2.09. The summed E-state index contributed by atoms with van der Waals surface area (Å²) in [7, 11) is 0. The lowest BCUT2D eigenvalue weighted by Gasteiger charge is -2.26. The lowest BCUT2D eigenvalue weighted by atomic mass is 10.3. The van der Waals surface area contributed by atoms with Crippen molar-refractivity contribution in [3.63, 3.8) is 0 Å². The molecule has 0 saturated carbocycles. The van der Waals surface area contributed by atoms with Gasteiger partial charge in [0.1, 0.15) is 12.5 Å². The first-order valence-corrected chi connectivity index (χ1v) is 5.41. The van der Waals surface area contributed by atoms with E-state index in [4.69, 9.17) is 21.1 Å². The van der Waals surface area contributed by atoms with Crippen LogP contribution in [0.15, 0.2) is 24.3 Å². The molecule has 1 heterocycles. The molecule has 0 atom stereocenters. The molecule has 1 fully saturated rings. The average molecular weight is 228 g/mol. The largest absolute Gasteiger partial charge is 0.478 e. The van der Waals surface area contributed by atoms with Crippen molar-refractivity contribution in [3.05, 3.63) is 29.3 Å². The standard InChI is InChI=1S/C11H14ClNO2/c12-10-1-3-11(4-2-10)15-9-13-5-7-14-8-6-13/h1-4H,5-9H2. The number of benzene rings is 1. The van der Waals surface area contributed by atoms with Crippen LogP contribution >= 0.6 is 11.6 Å². The van der Waals surface area contributed by atoms with E-state index in [1.807, 2.05) is 24.3 Å². The van der Waals surface area contributed by atoms with Gasteiger partial charge in [-0.1, -0.05) is 11.6 Å². The summed E-state index contributed by atoms with van der Waals surface area (Å²) in [6.07, 6.45) is 0. The van der Waals surface area contributed by atoms with Crippen LogP contribution < -0.4 is 4.74 Å². The molecule has 0 amide bonds. The first-order valence-electron chi connectivity index (χ1n) is 5.03. The van der Waals surface area contributed by atoms with E-state index >= 15 is 0 Å². The van der Waals surface area contributed by atoms with Crippen molar-refractivity contribution in [2.24, 2.45) is 0 Å². The second-order valence-corrected chi connectivity index (χ2v) is 3.89. The van der Waals surface area contributed by atoms with Gasteiger partial charge in [0.2, 0.25) is 0 Å². The monoisotopic (exact) mass is 227 g/mol. The summed E-state index contributed by atoms with van der Waals surface area (Å²) in [4.78, 5) is 2.22. The third kappa shape index (κ3) is 3.38. The number of hydrogen-bond acceptors (Lipinski definition) is 3. The Morgan fingerprint density at radius 3 is 2.53 bits per heavy atom. The van der Waals surface area contributed by atoms with E-state index in [2.05, 4.69) is 4.90 Å². The zero-order valence-electron chi connectivity index (χ0n) is 8.49. The van der Waals surface area contributed by atoms with Gasteiger partial charge in [-0.3, -0.25) is 4.90 Å². The van der Waals surface area contributed by atoms with Gasteiger partial charge < -0.3 is 9.47 Å². The first-order chi connectivity index (χ1) is 7.34. The molecule has 1 aromatic carbocycles. The smallest absolute Gasteiger partial charge is 0.142 e. The minimum Gasteiger partial charge on any atom is -0.478 e. The summed E-state index contributed by atoms with van der Waals surface area (Å²) >= 11 is 5.78. The lowest BCUT2D eigenvalue weighted by Crippen LogP contribution is -2.38. The lowest BCUT2D eigenvalue weighted by molar-refractivity contribution is 0.00407. The van der Waals surface area contributed by atoms with Crippen LogP contribution in [0, 0.1) is 0 Å². The van der Waals surface area contributed by atoms with Crippen LogP contribution in [-0.4, -0.2) is 37.9 Å². The van der Waals surface area contributed by atoms with E-state index in [9.17, 15) is 0 Å². The van der Waals surface area contributed by atoms with Crippen molar-refractivity contribution in [1.82, 2.24) is 4.90 Å². The highest BCUT2D eigenvalue weighted by atomic mass is 35.5. The summed E-state index contributed by atoms with van der Waals surface area (Å²) in [6.45, 7) is 4.08. The molecule has 82 valence electrons. The third-order valence-electron chi connectivity index (χ3n) is 2.33. The molecular formula is C11H14ClNO2. The number of rotatable bonds is 3. The summed E-state index contributed by atoms with van der Waals surface area (Å²) < 4.78 is 10.9. The van der Waals surface area contributed by atoms with Gasteiger partial charge >= 0.3 is 0 Å². The van der Waals surface area contributed by atoms with Crippen LogP contribution in [-0.2, 0) is 4.74 Å². The molecule has 0 N–H and O–H groups in total. The van der Waals surface area contributed by atoms with E-state index < -0.39 is 0 Å². The predicted octanol–water partition coefficient (Wildman–Crippen LogP) is 2.01. The fourth-order valence-corrected chi connectivity index (χ4v) is 1.55. The molecule has 3 nitrogen and oxygen atoms in total. The Morgan fingerprint density at radius 1 is 1.20 bits per heavy atom. The van der Waals surface area contributed by atoms with E-state index in [1.54, 1.807) is 0 Å². The minimum atomic E-state index is 0.616. The van der Waals surface area contributed by atoms with Gasteiger partial charge in [0, 0.05) is 18.1 Å². The van der Waals surface area contributed by atoms with Crippen molar-refractivity contribution < 1.29 is 9.47 Å². The van der Waals surface area contributed by atoms with Crippen LogP contribution in [0.4, 0.5) is 0 Å². The minimum absolute atomic E-state index is 0.616. The summed E-state index contributed by atoms with van der Waals surface area (Å²) in [5, 5.41) is 0.730. The average Bonchev–Trinajstić information content (AvgIpc) is 2.30. The number of ether oxygens (including phenoxy) is 2. The molecule has 0 unspecified atom stereocenters. The number of halogens is 1. The van der Waals surface area contributed by atoms with E-state index in [0.717, 1.165) is 37.1 Å². The predicted molar refractivity (Wildman–Crippen MR) is 59.3 cm³/mol. The maximum absolute atomic E-state index is 5.78. The molecule has 15 heavy (non-hydrogen) atoms. The second kappa shape index (κ2) is 5.35. The molecule has 4 heteroatoms. The normalized spacial score (nSPS) is 17.7. The summed E-state index contributed by atoms with van der Waals surface area (Å²) in [6, 6.07) is 7.41. The number of nitrogens with zero attached hydrogens (tertiary/aromatic N) is 1. The highest BCUT2D eigenvalue weighted by molar-refractivity contribution is 6.30. The van der Waals surface area contributed by atoms with Crippen molar-refractivity contribution in [3.8, 4) is 5.75 Å². The van der Waals surface area contributed by atoms with Crippen molar-refractivity contribution >= 4 is 11.6 Å². The zero-order chi connectivity index (χ0) is 10.5. The van der Waals surface area contributed by atoms with Crippen molar-refractivity contribution in [2.45, 2.75) is 0 Å². The van der Waals surface area contributed by atoms with Gasteiger partial charge in [-0.25, -0.2) is 0 Å². The molecule has 0 aliphatic carbocycles. The van der Waals surface area contributed by atoms with Crippen molar-refractivity contribution in [1.29, 1.82) is 0 Å². The highest BCUT2D eigenvalue weighted by Crippen LogP contribution is 2.15. The maximum Gasteiger partial charge on any atom is 0.142 e. The Bertz CT molecular complexity index is 296. The zero-order valence-corrected chi connectivity index (χ0v) is 9.24. The van der Waals surface area contributed by atoms with Gasteiger partial charge in [-0.05, 0) is 24.3 Å². The second-order valence-electron chi connectivity index (χ2n) is 3.46. The molecule has 1 aliphatic heterocycles. The topological polar surface area (TPSA) is 21.7 Å². The molecular weight excluding hydrogens is 214 g/mol. The summed E-state index contributed by atoms with van der Waals surface area (Å²) in [5.74, 6) is 0.853. The van der Waals surface area contributed by atoms with Gasteiger partial charge in [-0.2, -0.15) is 0 Å². The van der Waals surface area contributed by atoms with Crippen LogP contribution in [0.3, 0.4) is 0 Å². The van der Waals surface area contributed by atoms with E-state index in [0.29, 0.717) is 6.73 Å². The van der Waals surface area contributed by atoms with E-state index in [-0.39, 0.29) is 0 Å². The fraction of sp³-hybridized carbons (Fsp3) is 0.455. The van der Waals surface area contributed by atoms with Gasteiger partial charge in [0.25, 0.3) is 0 Å². The van der Waals surface area contributed by atoms with Crippen LogP contribution in [0.1, 0.15) is 0 Å². The van der Waals surface area contributed by atoms with Crippen molar-refractivity contribution in [2.75, 3.05) is 33.0 Å². The fourth-order valence-electron chi connectivity index (χ4n) is 1.43. The quantitative estimate of drug-likeness (QED) is 0.789.